The van der Waals surface area contributed by atoms with E-state index in [4.69, 9.17) is 5.11 Å². The van der Waals surface area contributed by atoms with Gasteiger partial charge in [-0.3, -0.25) is 4.79 Å². The van der Waals surface area contributed by atoms with Gasteiger partial charge in [0, 0.05) is 18.2 Å². The zero-order valence-electron chi connectivity index (χ0n) is 12.0. The molecule has 3 aliphatic rings. The number of benzene rings is 1. The number of carbonyl (C=O) groups excluding carboxylic acids is 1. The van der Waals surface area contributed by atoms with Crippen molar-refractivity contribution < 1.29 is 9.90 Å². The minimum absolute atomic E-state index is 0.0587. The Morgan fingerprint density at radius 1 is 1.33 bits per heavy atom. The highest BCUT2D eigenvalue weighted by Gasteiger charge is 2.35. The van der Waals surface area contributed by atoms with Gasteiger partial charge in [-0.25, -0.2) is 0 Å². The first-order valence-electron chi connectivity index (χ1n) is 7.50. The van der Waals surface area contributed by atoms with Crippen LogP contribution in [-0.2, 0) is 0 Å². The van der Waals surface area contributed by atoms with Crippen molar-refractivity contribution in [3.63, 3.8) is 0 Å². The topological polar surface area (TPSA) is 52.6 Å². The maximum atomic E-state index is 12.5. The third-order valence-corrected chi connectivity index (χ3v) is 4.45. The van der Waals surface area contributed by atoms with Crippen molar-refractivity contribution in [2.45, 2.75) is 18.9 Å². The third-order valence-electron chi connectivity index (χ3n) is 4.45. The van der Waals surface area contributed by atoms with Gasteiger partial charge in [-0.1, -0.05) is 24.0 Å². The van der Waals surface area contributed by atoms with Gasteiger partial charge in [-0.15, -0.1) is 0 Å². The Morgan fingerprint density at radius 3 is 2.76 bits per heavy atom. The molecule has 0 radical (unpaired) electrons. The van der Waals surface area contributed by atoms with Crippen LogP contribution in [0.4, 0.5) is 0 Å². The number of aliphatic hydroxyl groups excluding tert-OH is 1. The molecule has 3 fully saturated rings. The molecule has 2 bridgehead atoms. The first-order chi connectivity index (χ1) is 10.3. The highest BCUT2D eigenvalue weighted by molar-refractivity contribution is 5.97. The van der Waals surface area contributed by atoms with Crippen LogP contribution in [0, 0.1) is 17.8 Å². The average molecular weight is 284 g/mol. The number of fused-ring (bicyclic) bond motifs is 3. The fourth-order valence-electron chi connectivity index (χ4n) is 3.30. The molecule has 3 heterocycles. The van der Waals surface area contributed by atoms with Gasteiger partial charge in [-0.05, 0) is 44.0 Å². The Kier molecular flexibility index (Phi) is 4.23. The molecule has 21 heavy (non-hydrogen) atoms. The van der Waals surface area contributed by atoms with E-state index in [-0.39, 0.29) is 18.6 Å². The number of rotatable bonds is 2. The van der Waals surface area contributed by atoms with Crippen LogP contribution in [0.2, 0.25) is 0 Å². The molecule has 3 aliphatic heterocycles. The monoisotopic (exact) mass is 284 g/mol. The number of nitrogens with zero attached hydrogens (tertiary/aromatic N) is 1. The van der Waals surface area contributed by atoms with E-state index in [1.165, 1.54) is 12.8 Å². The Hall–Kier alpha value is -1.83. The molecule has 4 heteroatoms. The molecular weight excluding hydrogens is 264 g/mol. The number of hydrogen-bond acceptors (Lipinski definition) is 3. The summed E-state index contributed by atoms with van der Waals surface area (Å²) in [6, 6.07) is 7.55. The molecule has 110 valence electrons. The van der Waals surface area contributed by atoms with E-state index in [9.17, 15) is 4.79 Å². The molecule has 0 saturated carbocycles. The number of hydrogen-bond donors (Lipinski definition) is 2. The fraction of sp³-hybridized carbons (Fsp3) is 0.471. The number of nitrogens with one attached hydrogen (secondary N) is 1. The van der Waals surface area contributed by atoms with Crippen molar-refractivity contribution >= 4 is 5.91 Å². The van der Waals surface area contributed by atoms with E-state index < -0.39 is 0 Å². The standard InChI is InChI=1S/C17H20N2O2/c20-11-3-5-13-4-1-2-6-15(13)17(21)18-16-12-19-9-7-14(16)8-10-19/h1-2,4,6,14,16,20H,7-12H2,(H,18,21). The summed E-state index contributed by atoms with van der Waals surface area (Å²) in [5.74, 6) is 6.00. The molecule has 0 aliphatic carbocycles. The van der Waals surface area contributed by atoms with Gasteiger partial charge in [0.1, 0.15) is 6.61 Å². The van der Waals surface area contributed by atoms with Crippen LogP contribution < -0.4 is 5.32 Å². The molecule has 4 rings (SSSR count). The van der Waals surface area contributed by atoms with Gasteiger partial charge < -0.3 is 15.3 Å². The second-order valence-electron chi connectivity index (χ2n) is 5.72. The van der Waals surface area contributed by atoms with E-state index in [1.807, 2.05) is 18.2 Å². The smallest absolute Gasteiger partial charge is 0.252 e. The Balaban J connectivity index is 1.74. The molecule has 0 spiro atoms. The van der Waals surface area contributed by atoms with Crippen molar-refractivity contribution in [3.05, 3.63) is 35.4 Å². The molecule has 0 aromatic heterocycles. The van der Waals surface area contributed by atoms with Crippen LogP contribution in [0.1, 0.15) is 28.8 Å². The fourth-order valence-corrected chi connectivity index (χ4v) is 3.30. The Morgan fingerprint density at radius 2 is 2.10 bits per heavy atom. The SMILES string of the molecule is O=C(NC1CN2CCC1CC2)c1ccccc1C#CCO. The first-order valence-corrected chi connectivity index (χ1v) is 7.50. The van der Waals surface area contributed by atoms with Gasteiger partial charge in [0.15, 0.2) is 0 Å². The predicted molar refractivity (Wildman–Crippen MR) is 80.8 cm³/mol. The Labute approximate surface area is 125 Å². The van der Waals surface area contributed by atoms with Crippen molar-refractivity contribution in [2.75, 3.05) is 26.2 Å². The lowest BCUT2D eigenvalue weighted by atomic mass is 9.84. The van der Waals surface area contributed by atoms with Crippen LogP contribution in [0.3, 0.4) is 0 Å². The van der Waals surface area contributed by atoms with E-state index in [0.29, 0.717) is 17.0 Å². The van der Waals surface area contributed by atoms with Crippen LogP contribution in [0.5, 0.6) is 0 Å². The molecular formula is C17H20N2O2. The third kappa shape index (κ3) is 3.10. The van der Waals surface area contributed by atoms with Crippen LogP contribution in [-0.4, -0.2) is 48.2 Å². The van der Waals surface area contributed by atoms with Gasteiger partial charge in [0.25, 0.3) is 5.91 Å². The zero-order chi connectivity index (χ0) is 14.7. The van der Waals surface area contributed by atoms with Crippen molar-refractivity contribution in [1.29, 1.82) is 0 Å². The maximum absolute atomic E-state index is 12.5. The van der Waals surface area contributed by atoms with E-state index in [2.05, 4.69) is 22.1 Å². The van der Waals surface area contributed by atoms with Gasteiger partial charge in [0.05, 0.1) is 5.56 Å². The van der Waals surface area contributed by atoms with Crippen molar-refractivity contribution in [2.24, 2.45) is 5.92 Å². The molecule has 1 atom stereocenters. The van der Waals surface area contributed by atoms with Crippen molar-refractivity contribution in [3.8, 4) is 11.8 Å². The van der Waals surface area contributed by atoms with E-state index in [0.717, 1.165) is 19.6 Å². The van der Waals surface area contributed by atoms with Gasteiger partial charge >= 0.3 is 0 Å². The highest BCUT2D eigenvalue weighted by atomic mass is 16.2. The molecule has 2 N–H and O–H groups in total. The first kappa shape index (κ1) is 14.1. The summed E-state index contributed by atoms with van der Waals surface area (Å²) in [5, 5.41) is 12.0. The van der Waals surface area contributed by atoms with Crippen LogP contribution in [0.15, 0.2) is 24.3 Å². The second kappa shape index (κ2) is 6.30. The number of piperidine rings is 3. The van der Waals surface area contributed by atoms with E-state index in [1.54, 1.807) is 6.07 Å². The maximum Gasteiger partial charge on any atom is 0.252 e. The molecule has 3 saturated heterocycles. The normalized spacial score (nSPS) is 26.8. The largest absolute Gasteiger partial charge is 0.384 e. The lowest BCUT2D eigenvalue weighted by molar-refractivity contribution is 0.0620. The van der Waals surface area contributed by atoms with Crippen molar-refractivity contribution in [1.82, 2.24) is 10.2 Å². The summed E-state index contributed by atoms with van der Waals surface area (Å²) in [5.41, 5.74) is 1.26. The molecule has 4 nitrogen and oxygen atoms in total. The number of aliphatic hydroxyl groups is 1. The van der Waals surface area contributed by atoms with Crippen LogP contribution >= 0.6 is 0 Å². The quantitative estimate of drug-likeness (QED) is 0.792. The zero-order valence-corrected chi connectivity index (χ0v) is 12.0. The summed E-state index contributed by atoms with van der Waals surface area (Å²) in [6.45, 7) is 3.09. The van der Waals surface area contributed by atoms with Gasteiger partial charge in [-0.2, -0.15) is 0 Å². The highest BCUT2D eigenvalue weighted by Crippen LogP contribution is 2.27. The summed E-state index contributed by atoms with van der Waals surface area (Å²) < 4.78 is 0. The van der Waals surface area contributed by atoms with E-state index >= 15 is 0 Å². The average Bonchev–Trinajstić information content (AvgIpc) is 2.54. The second-order valence-corrected chi connectivity index (χ2v) is 5.72. The Bertz CT molecular complexity index is 580. The summed E-state index contributed by atoms with van der Waals surface area (Å²) >= 11 is 0. The molecule has 1 aromatic carbocycles. The predicted octanol–water partition coefficient (Wildman–Crippen LogP) is 0.854. The molecule has 1 aromatic rings. The lowest BCUT2D eigenvalue weighted by Gasteiger charge is -2.44. The summed E-state index contributed by atoms with van der Waals surface area (Å²) in [6.07, 6.45) is 2.35. The lowest BCUT2D eigenvalue weighted by Crippen LogP contribution is -2.57. The molecule has 1 unspecified atom stereocenters. The molecule has 1 amide bonds. The number of carbonyl (C=O) groups is 1. The summed E-state index contributed by atoms with van der Waals surface area (Å²) in [7, 11) is 0. The van der Waals surface area contributed by atoms with Gasteiger partial charge in [0.2, 0.25) is 0 Å². The minimum Gasteiger partial charge on any atom is -0.384 e. The summed E-state index contributed by atoms with van der Waals surface area (Å²) in [4.78, 5) is 14.9. The minimum atomic E-state index is -0.199. The number of amides is 1. The van der Waals surface area contributed by atoms with Crippen LogP contribution in [0.25, 0.3) is 0 Å².